The van der Waals surface area contributed by atoms with Gasteiger partial charge in [-0.15, -0.1) is 0 Å². The van der Waals surface area contributed by atoms with Crippen molar-refractivity contribution in [2.45, 2.75) is 6.04 Å². The number of carbonyl (C=O) groups is 1. The molecule has 1 rings (SSSR count). The van der Waals surface area contributed by atoms with E-state index in [1.807, 2.05) is 0 Å². The van der Waals surface area contributed by atoms with E-state index in [2.05, 4.69) is 5.32 Å². The Balaban J connectivity index is 3.24. The monoisotopic (exact) mass is 299 g/mol. The molecule has 0 saturated carbocycles. The van der Waals surface area contributed by atoms with Gasteiger partial charge in [-0.05, 0) is 0 Å². The zero-order valence-corrected chi connectivity index (χ0v) is 12.6. The SMILES string of the molecule is COCCNC(C(=O)O)c1c(OC)cc(OC)cc1OC. The number of carboxylic acid groups (broad SMARTS) is 1. The van der Waals surface area contributed by atoms with E-state index >= 15 is 0 Å². The third-order valence-electron chi connectivity index (χ3n) is 2.94. The van der Waals surface area contributed by atoms with Crippen molar-refractivity contribution in [1.29, 1.82) is 0 Å². The quantitative estimate of drug-likeness (QED) is 0.660. The van der Waals surface area contributed by atoms with Crippen molar-refractivity contribution in [3.05, 3.63) is 17.7 Å². The molecule has 1 aromatic rings. The van der Waals surface area contributed by atoms with Crippen molar-refractivity contribution >= 4 is 5.97 Å². The molecule has 0 aliphatic rings. The summed E-state index contributed by atoms with van der Waals surface area (Å²) in [5.41, 5.74) is 0.407. The molecule has 21 heavy (non-hydrogen) atoms. The highest BCUT2D eigenvalue weighted by Gasteiger charge is 2.27. The Morgan fingerprint density at radius 3 is 2.10 bits per heavy atom. The zero-order valence-electron chi connectivity index (χ0n) is 12.6. The Morgan fingerprint density at radius 1 is 1.14 bits per heavy atom. The van der Waals surface area contributed by atoms with E-state index in [-0.39, 0.29) is 0 Å². The van der Waals surface area contributed by atoms with Crippen molar-refractivity contribution in [1.82, 2.24) is 5.32 Å². The molecule has 1 unspecified atom stereocenters. The van der Waals surface area contributed by atoms with Gasteiger partial charge in [-0.2, -0.15) is 0 Å². The third-order valence-corrected chi connectivity index (χ3v) is 2.94. The van der Waals surface area contributed by atoms with Crippen LogP contribution in [0.25, 0.3) is 0 Å². The Bertz CT molecular complexity index is 452. The lowest BCUT2D eigenvalue weighted by Crippen LogP contribution is -2.31. The predicted octanol–water partition coefficient (Wildman–Crippen LogP) is 1.07. The smallest absolute Gasteiger partial charge is 0.325 e. The fourth-order valence-corrected chi connectivity index (χ4v) is 1.94. The first-order valence-electron chi connectivity index (χ1n) is 6.34. The van der Waals surface area contributed by atoms with Gasteiger partial charge in [0.25, 0.3) is 0 Å². The molecule has 0 spiro atoms. The molecule has 0 radical (unpaired) electrons. The lowest BCUT2D eigenvalue weighted by Gasteiger charge is -2.21. The minimum atomic E-state index is -1.03. The van der Waals surface area contributed by atoms with Crippen LogP contribution in [0.3, 0.4) is 0 Å². The van der Waals surface area contributed by atoms with Crippen molar-refractivity contribution in [3.63, 3.8) is 0 Å². The number of hydrogen-bond acceptors (Lipinski definition) is 6. The first kappa shape index (κ1) is 17.1. The van der Waals surface area contributed by atoms with Crippen LogP contribution >= 0.6 is 0 Å². The van der Waals surface area contributed by atoms with E-state index in [0.717, 1.165) is 0 Å². The second kappa shape index (κ2) is 8.33. The van der Waals surface area contributed by atoms with Crippen LogP contribution in [0.5, 0.6) is 17.2 Å². The van der Waals surface area contributed by atoms with Gasteiger partial charge in [0.2, 0.25) is 0 Å². The third kappa shape index (κ3) is 4.24. The molecule has 0 aromatic heterocycles. The Hall–Kier alpha value is -1.99. The molecule has 0 fully saturated rings. The normalized spacial score (nSPS) is 11.8. The van der Waals surface area contributed by atoms with Gasteiger partial charge in [-0.25, -0.2) is 0 Å². The van der Waals surface area contributed by atoms with Gasteiger partial charge in [0.05, 0.1) is 33.5 Å². The fraction of sp³-hybridized carbons (Fsp3) is 0.500. The van der Waals surface area contributed by atoms with Crippen LogP contribution in [0.4, 0.5) is 0 Å². The van der Waals surface area contributed by atoms with Gasteiger partial charge < -0.3 is 24.1 Å². The van der Waals surface area contributed by atoms with E-state index in [1.54, 1.807) is 19.2 Å². The second-order valence-electron chi connectivity index (χ2n) is 4.16. The summed E-state index contributed by atoms with van der Waals surface area (Å²) in [6, 6.07) is 2.26. The van der Waals surface area contributed by atoms with Crippen LogP contribution in [0, 0.1) is 0 Å². The first-order valence-corrected chi connectivity index (χ1v) is 6.34. The predicted molar refractivity (Wildman–Crippen MR) is 76.4 cm³/mol. The molecule has 118 valence electrons. The first-order chi connectivity index (χ1) is 10.1. The lowest BCUT2D eigenvalue weighted by molar-refractivity contribution is -0.139. The molecule has 0 saturated heterocycles. The molecule has 0 aliphatic heterocycles. The summed E-state index contributed by atoms with van der Waals surface area (Å²) >= 11 is 0. The van der Waals surface area contributed by atoms with E-state index in [1.165, 1.54) is 21.3 Å². The van der Waals surface area contributed by atoms with E-state index in [4.69, 9.17) is 18.9 Å². The summed E-state index contributed by atoms with van der Waals surface area (Å²) in [5, 5.41) is 12.3. The van der Waals surface area contributed by atoms with Crippen LogP contribution in [0.15, 0.2) is 12.1 Å². The van der Waals surface area contributed by atoms with Crippen LogP contribution < -0.4 is 19.5 Å². The van der Waals surface area contributed by atoms with Crippen LogP contribution in [0.2, 0.25) is 0 Å². The maximum Gasteiger partial charge on any atom is 0.325 e. The van der Waals surface area contributed by atoms with Gasteiger partial charge in [0.1, 0.15) is 23.3 Å². The van der Waals surface area contributed by atoms with E-state index in [9.17, 15) is 9.90 Å². The zero-order chi connectivity index (χ0) is 15.8. The molecule has 0 aliphatic carbocycles. The Morgan fingerprint density at radius 2 is 1.71 bits per heavy atom. The van der Waals surface area contributed by atoms with Crippen molar-refractivity contribution in [2.75, 3.05) is 41.6 Å². The van der Waals surface area contributed by atoms with Gasteiger partial charge in [-0.3, -0.25) is 10.1 Å². The number of ether oxygens (including phenoxy) is 4. The molecule has 0 amide bonds. The van der Waals surface area contributed by atoms with Crippen molar-refractivity contribution < 1.29 is 28.8 Å². The fourth-order valence-electron chi connectivity index (χ4n) is 1.94. The largest absolute Gasteiger partial charge is 0.496 e. The van der Waals surface area contributed by atoms with E-state index < -0.39 is 12.0 Å². The summed E-state index contributed by atoms with van der Waals surface area (Å²) < 4.78 is 20.6. The summed E-state index contributed by atoms with van der Waals surface area (Å²) in [6.45, 7) is 0.774. The number of methoxy groups -OCH3 is 4. The molecule has 7 heteroatoms. The number of aliphatic carboxylic acids is 1. The molecule has 1 atom stereocenters. The van der Waals surface area contributed by atoms with E-state index in [0.29, 0.717) is 36.0 Å². The molecular formula is C14H21NO6. The van der Waals surface area contributed by atoms with Gasteiger partial charge in [-0.1, -0.05) is 0 Å². The maximum atomic E-state index is 11.5. The minimum Gasteiger partial charge on any atom is -0.496 e. The molecule has 0 heterocycles. The second-order valence-corrected chi connectivity index (χ2v) is 4.16. The number of nitrogens with one attached hydrogen (secondary N) is 1. The molecule has 0 bridgehead atoms. The highest BCUT2D eigenvalue weighted by atomic mass is 16.5. The molecule has 1 aromatic carbocycles. The summed E-state index contributed by atoms with van der Waals surface area (Å²) in [4.78, 5) is 11.5. The molecule has 7 nitrogen and oxygen atoms in total. The van der Waals surface area contributed by atoms with Crippen LogP contribution in [-0.4, -0.2) is 52.7 Å². The summed E-state index contributed by atoms with van der Waals surface area (Å²) in [6.07, 6.45) is 0. The average Bonchev–Trinajstić information content (AvgIpc) is 2.50. The molecule has 2 N–H and O–H groups in total. The standard InChI is InChI=1S/C14H21NO6/c1-18-6-5-15-13(14(16)17)12-10(20-3)7-9(19-2)8-11(12)21-4/h7-8,13,15H,5-6H2,1-4H3,(H,16,17). The average molecular weight is 299 g/mol. The van der Waals surface area contributed by atoms with Crippen LogP contribution in [-0.2, 0) is 9.53 Å². The van der Waals surface area contributed by atoms with Crippen molar-refractivity contribution in [3.8, 4) is 17.2 Å². The highest BCUT2D eigenvalue weighted by molar-refractivity contribution is 5.78. The number of rotatable bonds is 9. The minimum absolute atomic E-state index is 0.378. The number of carboxylic acids is 1. The number of hydrogen-bond donors (Lipinski definition) is 2. The summed E-state index contributed by atoms with van der Waals surface area (Å²) in [5.74, 6) is 0.244. The molecular weight excluding hydrogens is 278 g/mol. The lowest BCUT2D eigenvalue weighted by atomic mass is 10.0. The van der Waals surface area contributed by atoms with Gasteiger partial charge in [0, 0.05) is 25.8 Å². The Labute approximate surface area is 123 Å². The summed E-state index contributed by atoms with van der Waals surface area (Å²) in [7, 11) is 5.99. The van der Waals surface area contributed by atoms with Gasteiger partial charge in [0.15, 0.2) is 0 Å². The maximum absolute atomic E-state index is 11.5. The Kier molecular flexibility index (Phi) is 6.77. The van der Waals surface area contributed by atoms with Crippen molar-refractivity contribution in [2.24, 2.45) is 0 Å². The van der Waals surface area contributed by atoms with Crippen LogP contribution in [0.1, 0.15) is 11.6 Å². The number of benzene rings is 1. The van der Waals surface area contributed by atoms with Gasteiger partial charge >= 0.3 is 5.97 Å². The highest BCUT2D eigenvalue weighted by Crippen LogP contribution is 2.38. The topological polar surface area (TPSA) is 86.3 Å².